The van der Waals surface area contributed by atoms with Crippen LogP contribution in [0, 0.1) is 6.92 Å². The molecule has 0 aliphatic heterocycles. The number of rotatable bonds is 1. The lowest BCUT2D eigenvalue weighted by molar-refractivity contribution is 1.19. The Bertz CT molecular complexity index is 669. The summed E-state index contributed by atoms with van der Waals surface area (Å²) in [6, 6.07) is 6.24. The Morgan fingerprint density at radius 1 is 1.31 bits per heavy atom. The lowest BCUT2D eigenvalue weighted by atomic mass is 10.2. The van der Waals surface area contributed by atoms with Crippen LogP contribution in [-0.4, -0.2) is 21.4 Å². The van der Waals surface area contributed by atoms with E-state index in [0.717, 1.165) is 22.5 Å². The molecule has 0 fully saturated rings. The molecule has 4 nitrogen and oxygen atoms in total. The maximum Gasteiger partial charge on any atom is 0.180 e. The smallest absolute Gasteiger partial charge is 0.180 e. The summed E-state index contributed by atoms with van der Waals surface area (Å²) in [6.45, 7) is 2.07. The predicted molar refractivity (Wildman–Crippen MR) is 64.8 cm³/mol. The van der Waals surface area contributed by atoms with E-state index < -0.39 is 0 Å². The Balaban J connectivity index is 2.53. The number of aromatic nitrogens is 3. The number of anilines is 1. The number of imidazole rings is 1. The normalized spacial score (nSPS) is 11.1. The highest BCUT2D eigenvalue weighted by molar-refractivity contribution is 5.83. The Morgan fingerprint density at radius 2 is 2.19 bits per heavy atom. The molecule has 0 bridgehead atoms. The zero-order chi connectivity index (χ0) is 11.1. The first kappa shape index (κ1) is 9.15. The highest BCUT2D eigenvalue weighted by Crippen LogP contribution is 2.20. The summed E-state index contributed by atoms with van der Waals surface area (Å²) in [6.07, 6.45) is 3.74. The minimum absolute atomic E-state index is 0.808. The van der Waals surface area contributed by atoms with Crippen molar-refractivity contribution in [3.8, 4) is 0 Å². The molecule has 0 saturated heterocycles. The van der Waals surface area contributed by atoms with Gasteiger partial charge in [0.2, 0.25) is 0 Å². The zero-order valence-electron chi connectivity index (χ0n) is 9.23. The summed E-state index contributed by atoms with van der Waals surface area (Å²) in [7, 11) is 1.86. The van der Waals surface area contributed by atoms with Crippen molar-refractivity contribution < 1.29 is 0 Å². The van der Waals surface area contributed by atoms with Crippen molar-refractivity contribution in [1.29, 1.82) is 0 Å². The van der Waals surface area contributed by atoms with Crippen molar-refractivity contribution in [2.45, 2.75) is 6.92 Å². The quantitative estimate of drug-likeness (QED) is 0.672. The minimum atomic E-state index is 0.808. The number of hydrogen-bond donors (Lipinski definition) is 1. The molecule has 2 heterocycles. The predicted octanol–water partition coefficient (Wildman–Crippen LogP) is 2.23. The first-order valence-corrected chi connectivity index (χ1v) is 5.21. The molecule has 0 atom stereocenters. The van der Waals surface area contributed by atoms with Crippen LogP contribution in [0.2, 0.25) is 0 Å². The lowest BCUT2D eigenvalue weighted by Crippen LogP contribution is -1.99. The lowest BCUT2D eigenvalue weighted by Gasteiger charge is -2.06. The number of benzene rings is 1. The number of aryl methyl sites for hydroxylation is 1. The topological polar surface area (TPSA) is 42.2 Å². The summed E-state index contributed by atoms with van der Waals surface area (Å²) >= 11 is 0. The Hall–Kier alpha value is -2.10. The summed E-state index contributed by atoms with van der Waals surface area (Å²) in [5.74, 6) is 0.808. The second kappa shape index (κ2) is 3.20. The van der Waals surface area contributed by atoms with Crippen LogP contribution in [0.4, 0.5) is 5.82 Å². The molecule has 0 saturated carbocycles. The van der Waals surface area contributed by atoms with Gasteiger partial charge in [0.1, 0.15) is 0 Å². The van der Waals surface area contributed by atoms with Crippen molar-refractivity contribution in [3.05, 3.63) is 36.2 Å². The van der Waals surface area contributed by atoms with Gasteiger partial charge in [0.15, 0.2) is 11.5 Å². The van der Waals surface area contributed by atoms with E-state index in [1.54, 1.807) is 6.20 Å². The van der Waals surface area contributed by atoms with Crippen LogP contribution >= 0.6 is 0 Å². The summed E-state index contributed by atoms with van der Waals surface area (Å²) in [4.78, 5) is 8.86. The van der Waals surface area contributed by atoms with Crippen LogP contribution in [0.1, 0.15) is 5.56 Å². The van der Waals surface area contributed by atoms with Crippen molar-refractivity contribution in [1.82, 2.24) is 14.4 Å². The SMILES string of the molecule is CNc1nc2cc(C)ccc2n2ccnc12. The highest BCUT2D eigenvalue weighted by Gasteiger charge is 2.07. The maximum atomic E-state index is 4.56. The van der Waals surface area contributed by atoms with Crippen LogP contribution in [0.5, 0.6) is 0 Å². The molecule has 16 heavy (non-hydrogen) atoms. The summed E-state index contributed by atoms with van der Waals surface area (Å²) in [5, 5.41) is 3.07. The monoisotopic (exact) mass is 212 g/mol. The molecule has 2 aromatic heterocycles. The standard InChI is InChI=1S/C12H12N4/c1-8-3-4-10-9(7-8)15-11(13-2)12-14-5-6-16(10)12/h3-7H,1-2H3,(H,13,15). The average Bonchev–Trinajstić information content (AvgIpc) is 2.76. The number of fused-ring (bicyclic) bond motifs is 3. The largest absolute Gasteiger partial charge is 0.370 e. The molecular formula is C12H12N4. The highest BCUT2D eigenvalue weighted by atomic mass is 15.1. The number of hydrogen-bond acceptors (Lipinski definition) is 3. The van der Waals surface area contributed by atoms with Gasteiger partial charge < -0.3 is 5.32 Å². The van der Waals surface area contributed by atoms with E-state index in [4.69, 9.17) is 0 Å². The van der Waals surface area contributed by atoms with Gasteiger partial charge in [0, 0.05) is 19.4 Å². The molecule has 0 spiro atoms. The van der Waals surface area contributed by atoms with Gasteiger partial charge in [-0.3, -0.25) is 4.40 Å². The Morgan fingerprint density at radius 3 is 3.00 bits per heavy atom. The van der Waals surface area contributed by atoms with Gasteiger partial charge in [-0.05, 0) is 24.6 Å². The molecule has 0 aliphatic carbocycles. The molecule has 1 aromatic carbocycles. The average molecular weight is 212 g/mol. The molecular weight excluding hydrogens is 200 g/mol. The fourth-order valence-electron chi connectivity index (χ4n) is 1.94. The number of nitrogens with zero attached hydrogens (tertiary/aromatic N) is 3. The fraction of sp³-hybridized carbons (Fsp3) is 0.167. The Labute approximate surface area is 93.0 Å². The molecule has 80 valence electrons. The molecule has 0 radical (unpaired) electrons. The van der Waals surface area contributed by atoms with Gasteiger partial charge in [-0.25, -0.2) is 9.97 Å². The van der Waals surface area contributed by atoms with Crippen LogP contribution in [0.25, 0.3) is 16.7 Å². The molecule has 0 aliphatic rings. The van der Waals surface area contributed by atoms with Gasteiger partial charge in [0.25, 0.3) is 0 Å². The van der Waals surface area contributed by atoms with Crippen LogP contribution in [-0.2, 0) is 0 Å². The van der Waals surface area contributed by atoms with Crippen molar-refractivity contribution in [2.75, 3.05) is 12.4 Å². The third kappa shape index (κ3) is 1.16. The van der Waals surface area contributed by atoms with Crippen molar-refractivity contribution in [3.63, 3.8) is 0 Å². The van der Waals surface area contributed by atoms with E-state index >= 15 is 0 Å². The summed E-state index contributed by atoms with van der Waals surface area (Å²) < 4.78 is 2.05. The second-order valence-corrected chi connectivity index (χ2v) is 3.82. The van der Waals surface area contributed by atoms with E-state index in [9.17, 15) is 0 Å². The van der Waals surface area contributed by atoms with Crippen LogP contribution in [0.15, 0.2) is 30.6 Å². The van der Waals surface area contributed by atoms with Gasteiger partial charge in [-0.1, -0.05) is 6.07 Å². The molecule has 1 N–H and O–H groups in total. The van der Waals surface area contributed by atoms with Gasteiger partial charge in [0.05, 0.1) is 11.0 Å². The number of nitrogens with one attached hydrogen (secondary N) is 1. The first-order valence-electron chi connectivity index (χ1n) is 5.21. The zero-order valence-corrected chi connectivity index (χ0v) is 9.23. The van der Waals surface area contributed by atoms with E-state index in [0.29, 0.717) is 0 Å². The molecule has 4 heteroatoms. The first-order chi connectivity index (χ1) is 7.79. The van der Waals surface area contributed by atoms with Gasteiger partial charge in [-0.2, -0.15) is 0 Å². The van der Waals surface area contributed by atoms with Crippen LogP contribution < -0.4 is 5.32 Å². The van der Waals surface area contributed by atoms with E-state index in [-0.39, 0.29) is 0 Å². The molecule has 3 aromatic rings. The van der Waals surface area contributed by atoms with Gasteiger partial charge >= 0.3 is 0 Å². The third-order valence-electron chi connectivity index (χ3n) is 2.71. The second-order valence-electron chi connectivity index (χ2n) is 3.82. The van der Waals surface area contributed by atoms with Crippen molar-refractivity contribution >= 4 is 22.5 Å². The Kier molecular flexibility index (Phi) is 1.83. The minimum Gasteiger partial charge on any atom is -0.370 e. The van der Waals surface area contributed by atoms with Crippen molar-refractivity contribution in [2.24, 2.45) is 0 Å². The molecule has 0 unspecified atom stereocenters. The van der Waals surface area contributed by atoms with E-state index in [1.807, 2.05) is 17.6 Å². The molecule has 3 rings (SSSR count). The van der Waals surface area contributed by atoms with E-state index in [2.05, 4.69) is 40.4 Å². The molecule has 0 amide bonds. The fourth-order valence-corrected chi connectivity index (χ4v) is 1.94. The summed E-state index contributed by atoms with van der Waals surface area (Å²) in [5.41, 5.74) is 4.13. The third-order valence-corrected chi connectivity index (χ3v) is 2.71. The maximum absolute atomic E-state index is 4.56. The van der Waals surface area contributed by atoms with Gasteiger partial charge in [-0.15, -0.1) is 0 Å². The van der Waals surface area contributed by atoms with E-state index in [1.165, 1.54) is 5.56 Å². The van der Waals surface area contributed by atoms with Crippen LogP contribution in [0.3, 0.4) is 0 Å².